The molecule has 0 radical (unpaired) electrons. The van der Waals surface area contributed by atoms with Crippen LogP contribution in [0.2, 0.25) is 5.02 Å². The zero-order chi connectivity index (χ0) is 22.4. The number of fused-ring (bicyclic) bond motifs is 3. The van der Waals surface area contributed by atoms with Gasteiger partial charge in [0, 0.05) is 22.7 Å². The lowest BCUT2D eigenvalue weighted by Gasteiger charge is -2.39. The molecule has 2 aliphatic rings. The van der Waals surface area contributed by atoms with Crippen LogP contribution in [0.15, 0.2) is 24.3 Å². The van der Waals surface area contributed by atoms with E-state index >= 15 is 0 Å². The van der Waals surface area contributed by atoms with E-state index in [9.17, 15) is 14.4 Å². The fourth-order valence-electron chi connectivity index (χ4n) is 5.42. The number of carbonyl (C=O) groups excluding carboxylic acids is 3. The minimum Gasteiger partial charge on any atom is -0.454 e. The zero-order valence-corrected chi connectivity index (χ0v) is 19.6. The van der Waals surface area contributed by atoms with Crippen molar-refractivity contribution in [1.82, 2.24) is 10.2 Å². The molecule has 1 saturated heterocycles. The van der Waals surface area contributed by atoms with Crippen molar-refractivity contribution < 1.29 is 19.1 Å². The number of esters is 1. The molecule has 2 fully saturated rings. The standard InChI is InChI=1S/C23H27ClN2O4S/c1-22(2)8-14-9-23(3,12-22)13-26(14)17(27)11-30-18(28)10-25-21(29)20-19(24)15-6-4-5-7-16(15)31-20/h4-7,14H,8-13H2,1-3H3,(H,25,29)/t14-,23+/m0/s1. The fraction of sp³-hybridized carbons (Fsp3) is 0.522. The number of carbonyl (C=O) groups is 3. The zero-order valence-electron chi connectivity index (χ0n) is 18.0. The lowest BCUT2D eigenvalue weighted by molar-refractivity contribution is -0.151. The quantitative estimate of drug-likeness (QED) is 0.674. The average Bonchev–Trinajstić information content (AvgIpc) is 3.17. The number of hydrogen-bond acceptors (Lipinski definition) is 5. The summed E-state index contributed by atoms with van der Waals surface area (Å²) in [6, 6.07) is 7.67. The predicted molar refractivity (Wildman–Crippen MR) is 121 cm³/mol. The highest BCUT2D eigenvalue weighted by Crippen LogP contribution is 2.52. The Bertz CT molecular complexity index is 1050. The van der Waals surface area contributed by atoms with E-state index in [1.54, 1.807) is 0 Å². The maximum absolute atomic E-state index is 12.7. The summed E-state index contributed by atoms with van der Waals surface area (Å²) in [6.45, 7) is 6.82. The van der Waals surface area contributed by atoms with E-state index < -0.39 is 11.9 Å². The van der Waals surface area contributed by atoms with Gasteiger partial charge in [-0.25, -0.2) is 0 Å². The minimum atomic E-state index is -0.646. The summed E-state index contributed by atoms with van der Waals surface area (Å²) in [6.07, 6.45) is 3.06. The topological polar surface area (TPSA) is 75.7 Å². The van der Waals surface area contributed by atoms with Crippen LogP contribution in [0.1, 0.15) is 49.7 Å². The summed E-state index contributed by atoms with van der Waals surface area (Å²) in [7, 11) is 0. The van der Waals surface area contributed by atoms with E-state index in [2.05, 4.69) is 26.1 Å². The number of ether oxygens (including phenoxy) is 1. The smallest absolute Gasteiger partial charge is 0.325 e. The maximum Gasteiger partial charge on any atom is 0.325 e. The normalized spacial score (nSPS) is 24.3. The largest absolute Gasteiger partial charge is 0.454 e. The number of likely N-dealkylation sites (tertiary alicyclic amines) is 1. The molecule has 1 aliphatic carbocycles. The van der Waals surface area contributed by atoms with E-state index in [0.717, 1.165) is 29.3 Å². The van der Waals surface area contributed by atoms with Crippen LogP contribution in [0.4, 0.5) is 0 Å². The molecule has 0 spiro atoms. The molecule has 31 heavy (non-hydrogen) atoms. The Hall–Kier alpha value is -2.12. The molecule has 1 aliphatic heterocycles. The van der Waals surface area contributed by atoms with Gasteiger partial charge in [-0.3, -0.25) is 14.4 Å². The predicted octanol–water partition coefficient (Wildman–Crippen LogP) is 4.25. The van der Waals surface area contributed by atoms with Crippen molar-refractivity contribution in [2.45, 2.75) is 46.1 Å². The Labute approximate surface area is 190 Å². The molecular formula is C23H27ClN2O4S. The maximum atomic E-state index is 12.7. The number of benzene rings is 1. The minimum absolute atomic E-state index is 0.129. The van der Waals surface area contributed by atoms with E-state index in [1.807, 2.05) is 29.2 Å². The van der Waals surface area contributed by atoms with Gasteiger partial charge < -0.3 is 15.0 Å². The van der Waals surface area contributed by atoms with Gasteiger partial charge in [0.1, 0.15) is 11.4 Å². The number of hydrogen-bond donors (Lipinski definition) is 1. The van der Waals surface area contributed by atoms with Crippen molar-refractivity contribution in [1.29, 1.82) is 0 Å². The molecular weight excluding hydrogens is 436 g/mol. The monoisotopic (exact) mass is 462 g/mol. The molecule has 2 atom stereocenters. The third-order valence-corrected chi connectivity index (χ3v) is 7.90. The highest BCUT2D eigenvalue weighted by molar-refractivity contribution is 7.21. The molecule has 1 aromatic heterocycles. The van der Waals surface area contributed by atoms with Gasteiger partial charge in [-0.2, -0.15) is 0 Å². The highest BCUT2D eigenvalue weighted by Gasteiger charge is 2.50. The lowest BCUT2D eigenvalue weighted by atomic mass is 9.65. The van der Waals surface area contributed by atoms with Gasteiger partial charge in [-0.15, -0.1) is 11.3 Å². The van der Waals surface area contributed by atoms with Gasteiger partial charge >= 0.3 is 5.97 Å². The number of halogens is 1. The summed E-state index contributed by atoms with van der Waals surface area (Å²) < 4.78 is 6.05. The Kier molecular flexibility index (Phi) is 5.77. The van der Waals surface area contributed by atoms with Crippen molar-refractivity contribution in [3.63, 3.8) is 0 Å². The van der Waals surface area contributed by atoms with Crippen molar-refractivity contribution >= 4 is 50.8 Å². The first kappa shape index (κ1) is 22.1. The summed E-state index contributed by atoms with van der Waals surface area (Å²) >= 11 is 7.57. The van der Waals surface area contributed by atoms with Crippen molar-refractivity contribution in [3.8, 4) is 0 Å². The molecule has 2 heterocycles. The Morgan fingerprint density at radius 1 is 1.23 bits per heavy atom. The van der Waals surface area contributed by atoms with E-state index in [0.29, 0.717) is 16.4 Å². The van der Waals surface area contributed by atoms with Gasteiger partial charge in [-0.05, 0) is 36.2 Å². The van der Waals surface area contributed by atoms with Crippen LogP contribution in [0.3, 0.4) is 0 Å². The first-order valence-corrected chi connectivity index (χ1v) is 11.7. The number of rotatable bonds is 5. The van der Waals surface area contributed by atoms with Gasteiger partial charge in [-0.1, -0.05) is 50.6 Å². The Morgan fingerprint density at radius 2 is 1.97 bits per heavy atom. The van der Waals surface area contributed by atoms with Gasteiger partial charge in [0.2, 0.25) is 0 Å². The molecule has 4 rings (SSSR count). The average molecular weight is 463 g/mol. The second-order valence-electron chi connectivity index (χ2n) is 9.82. The summed E-state index contributed by atoms with van der Waals surface area (Å²) in [5.41, 5.74) is 0.338. The van der Waals surface area contributed by atoms with Crippen LogP contribution < -0.4 is 5.32 Å². The number of amides is 2. The Morgan fingerprint density at radius 3 is 2.71 bits per heavy atom. The molecule has 1 aromatic carbocycles. The van der Waals surface area contributed by atoms with Crippen molar-refractivity contribution in [3.05, 3.63) is 34.2 Å². The third-order valence-electron chi connectivity index (χ3n) is 6.23. The van der Waals surface area contributed by atoms with E-state index in [-0.39, 0.29) is 35.9 Å². The van der Waals surface area contributed by atoms with Crippen LogP contribution in [-0.4, -0.2) is 48.4 Å². The second kappa shape index (κ2) is 8.10. The van der Waals surface area contributed by atoms with Crippen LogP contribution in [0.5, 0.6) is 0 Å². The molecule has 166 valence electrons. The van der Waals surface area contributed by atoms with Gasteiger partial charge in [0.05, 0.1) is 5.02 Å². The number of thiophene rings is 1. The van der Waals surface area contributed by atoms with Crippen LogP contribution in [-0.2, 0) is 14.3 Å². The summed E-state index contributed by atoms with van der Waals surface area (Å²) in [5, 5.41) is 3.71. The van der Waals surface area contributed by atoms with Crippen LogP contribution in [0.25, 0.3) is 10.1 Å². The molecule has 2 amide bonds. The lowest BCUT2D eigenvalue weighted by Crippen LogP contribution is -2.40. The SMILES string of the molecule is CC1(C)C[C@H]2C[C@@](C)(CN2C(=O)COC(=O)CNC(=O)c2sc3ccccc3c2Cl)C1. The summed E-state index contributed by atoms with van der Waals surface area (Å²) in [5.74, 6) is -1.25. The fourth-order valence-corrected chi connectivity index (χ4v) is 6.85. The van der Waals surface area contributed by atoms with Gasteiger partial charge in [0.15, 0.2) is 6.61 Å². The molecule has 1 N–H and O–H groups in total. The second-order valence-corrected chi connectivity index (χ2v) is 11.3. The molecule has 8 heteroatoms. The first-order chi connectivity index (χ1) is 14.6. The number of nitrogens with one attached hydrogen (secondary N) is 1. The van der Waals surface area contributed by atoms with Crippen LogP contribution >= 0.6 is 22.9 Å². The van der Waals surface area contributed by atoms with E-state index in [4.69, 9.17) is 16.3 Å². The molecule has 6 nitrogen and oxygen atoms in total. The molecule has 1 saturated carbocycles. The van der Waals surface area contributed by atoms with Gasteiger partial charge in [0.25, 0.3) is 11.8 Å². The van der Waals surface area contributed by atoms with Crippen LogP contribution in [0, 0.1) is 10.8 Å². The molecule has 0 unspecified atom stereocenters. The summed E-state index contributed by atoms with van der Waals surface area (Å²) in [4.78, 5) is 39.5. The molecule has 2 bridgehead atoms. The third kappa shape index (κ3) is 4.58. The highest BCUT2D eigenvalue weighted by atomic mass is 35.5. The van der Waals surface area contributed by atoms with Crippen molar-refractivity contribution in [2.24, 2.45) is 10.8 Å². The molecule has 2 aromatic rings. The Balaban J connectivity index is 1.28. The first-order valence-electron chi connectivity index (χ1n) is 10.5. The number of nitrogens with zero attached hydrogens (tertiary/aromatic N) is 1. The van der Waals surface area contributed by atoms with Crippen molar-refractivity contribution in [2.75, 3.05) is 19.7 Å². The van der Waals surface area contributed by atoms with E-state index in [1.165, 1.54) is 11.3 Å².